The Labute approximate surface area is 86.4 Å². The second-order valence-corrected chi connectivity index (χ2v) is 4.67. The average molecular weight is 240 g/mol. The molecule has 0 bridgehead atoms. The first-order valence-corrected chi connectivity index (χ1v) is 5.45. The Morgan fingerprint density at radius 3 is 2.47 bits per heavy atom. The number of ether oxygens (including phenoxy) is 1. The molecule has 0 aliphatic heterocycles. The maximum Gasteiger partial charge on any atom is 0.404 e. The molecule has 0 spiro atoms. The third-order valence-electron chi connectivity index (χ3n) is 1.46. The molecule has 0 heterocycles. The van der Waals surface area contributed by atoms with Crippen molar-refractivity contribution in [3.63, 3.8) is 0 Å². The minimum atomic E-state index is -3.94. The molecule has 0 saturated heterocycles. The fourth-order valence-corrected chi connectivity index (χ4v) is 1.48. The van der Waals surface area contributed by atoms with E-state index in [-0.39, 0.29) is 13.2 Å². The third-order valence-corrected chi connectivity index (χ3v) is 3.20. The van der Waals surface area contributed by atoms with Gasteiger partial charge >= 0.3 is 12.1 Å². The van der Waals surface area contributed by atoms with Crippen molar-refractivity contribution >= 4 is 22.1 Å². The van der Waals surface area contributed by atoms with Gasteiger partial charge < -0.3 is 15.6 Å². The van der Waals surface area contributed by atoms with Gasteiger partial charge in [-0.05, 0) is 6.92 Å². The molecule has 0 radical (unpaired) electrons. The molecule has 0 fully saturated rings. The molecule has 0 aliphatic carbocycles. The molecule has 1 amide bonds. The Balaban J connectivity index is 4.06. The Morgan fingerprint density at radius 2 is 2.07 bits per heavy atom. The number of sulfonamides is 1. The number of hydrogen-bond donors (Lipinski definition) is 3. The van der Waals surface area contributed by atoms with Gasteiger partial charge in [-0.15, -0.1) is 0 Å². The van der Waals surface area contributed by atoms with E-state index in [0.29, 0.717) is 0 Å². The molecule has 0 aromatic rings. The van der Waals surface area contributed by atoms with Crippen molar-refractivity contribution in [3.8, 4) is 0 Å². The van der Waals surface area contributed by atoms with Crippen molar-refractivity contribution in [1.82, 2.24) is 4.72 Å². The fourth-order valence-electron chi connectivity index (χ4n) is 0.593. The van der Waals surface area contributed by atoms with Crippen molar-refractivity contribution < 1.29 is 27.9 Å². The summed E-state index contributed by atoms with van der Waals surface area (Å²) in [5, 5.41) is 6.87. The zero-order valence-corrected chi connectivity index (χ0v) is 8.78. The zero-order valence-electron chi connectivity index (χ0n) is 7.97. The van der Waals surface area contributed by atoms with Gasteiger partial charge in [0.25, 0.3) is 0 Å². The van der Waals surface area contributed by atoms with E-state index in [1.807, 2.05) is 4.72 Å². The molecule has 1 unspecified atom stereocenters. The molecule has 0 aromatic heterocycles. The summed E-state index contributed by atoms with van der Waals surface area (Å²) in [5.74, 6) is -1.46. The largest absolute Gasteiger partial charge is 0.480 e. The normalized spacial score (nSPS) is 13.1. The van der Waals surface area contributed by atoms with E-state index in [1.165, 1.54) is 0 Å². The number of nitrogens with two attached hydrogens (primary N) is 1. The summed E-state index contributed by atoms with van der Waals surface area (Å²) < 4.78 is 28.5. The predicted octanol–water partition coefficient (Wildman–Crippen LogP) is -1.53. The molecule has 15 heavy (non-hydrogen) atoms. The highest BCUT2D eigenvalue weighted by Gasteiger charge is 2.26. The van der Waals surface area contributed by atoms with Crippen molar-refractivity contribution in [3.05, 3.63) is 0 Å². The van der Waals surface area contributed by atoms with E-state index in [1.54, 1.807) is 0 Å². The summed E-state index contributed by atoms with van der Waals surface area (Å²) in [4.78, 5) is 20.5. The van der Waals surface area contributed by atoms with Gasteiger partial charge in [0.05, 0.1) is 0 Å². The highest BCUT2D eigenvalue weighted by atomic mass is 32.2. The number of carbonyl (C=O) groups is 2. The lowest BCUT2D eigenvalue weighted by Gasteiger charge is -2.09. The number of aliphatic carboxylic acids is 1. The van der Waals surface area contributed by atoms with Crippen LogP contribution in [-0.2, 0) is 19.6 Å². The van der Waals surface area contributed by atoms with E-state index in [4.69, 9.17) is 5.11 Å². The monoisotopic (exact) mass is 240 g/mol. The lowest BCUT2D eigenvalue weighted by molar-refractivity contribution is -0.136. The first kappa shape index (κ1) is 13.7. The second-order valence-electron chi connectivity index (χ2n) is 2.59. The van der Waals surface area contributed by atoms with Crippen LogP contribution in [0.4, 0.5) is 4.79 Å². The number of nitrogens with one attached hydrogen (secondary N) is 1. The molecule has 0 rings (SSSR count). The summed E-state index contributed by atoms with van der Waals surface area (Å²) in [7, 11) is -3.94. The van der Waals surface area contributed by atoms with Gasteiger partial charge in [-0.25, -0.2) is 17.9 Å². The standard InChI is InChI=1S/C6H12N2O6S/c1-4(5(9)10)15(12,13)8-2-3-14-6(7)11/h4,8H,2-3H2,1H3,(H2,7,11)(H,9,10). The summed E-state index contributed by atoms with van der Waals surface area (Å²) in [5.41, 5.74) is 4.62. The quantitative estimate of drug-likeness (QED) is 0.482. The third kappa shape index (κ3) is 5.18. The van der Waals surface area contributed by atoms with Crippen LogP contribution in [-0.4, -0.2) is 44.0 Å². The minimum absolute atomic E-state index is 0.219. The first-order valence-electron chi connectivity index (χ1n) is 3.91. The zero-order chi connectivity index (χ0) is 12.1. The van der Waals surface area contributed by atoms with Crippen LogP contribution in [0.25, 0.3) is 0 Å². The number of rotatable bonds is 6. The van der Waals surface area contributed by atoms with E-state index in [0.717, 1.165) is 6.92 Å². The second kappa shape index (κ2) is 5.51. The smallest absolute Gasteiger partial charge is 0.404 e. The van der Waals surface area contributed by atoms with Gasteiger partial charge in [0.15, 0.2) is 5.25 Å². The fraction of sp³-hybridized carbons (Fsp3) is 0.667. The van der Waals surface area contributed by atoms with Gasteiger partial charge in [0.2, 0.25) is 10.0 Å². The van der Waals surface area contributed by atoms with Crippen LogP contribution >= 0.6 is 0 Å². The molecule has 1 atom stereocenters. The maximum atomic E-state index is 11.2. The summed E-state index contributed by atoms with van der Waals surface area (Å²) in [6.45, 7) is 0.559. The van der Waals surface area contributed by atoms with Gasteiger partial charge in [-0.2, -0.15) is 0 Å². The van der Waals surface area contributed by atoms with Crippen molar-refractivity contribution in [1.29, 1.82) is 0 Å². The van der Waals surface area contributed by atoms with Crippen molar-refractivity contribution in [2.75, 3.05) is 13.2 Å². The molecule has 0 aromatic carbocycles. The molecule has 9 heteroatoms. The van der Waals surface area contributed by atoms with Crippen LogP contribution in [0.3, 0.4) is 0 Å². The SMILES string of the molecule is CC(C(=O)O)S(=O)(=O)NCCOC(N)=O. The van der Waals surface area contributed by atoms with E-state index >= 15 is 0 Å². The Kier molecular flexibility index (Phi) is 5.02. The number of primary amides is 1. The van der Waals surface area contributed by atoms with Gasteiger partial charge in [-0.3, -0.25) is 4.79 Å². The lowest BCUT2D eigenvalue weighted by atomic mass is 10.5. The van der Waals surface area contributed by atoms with Crippen LogP contribution in [0.15, 0.2) is 0 Å². The molecule has 0 aliphatic rings. The Bertz CT molecular complexity index is 338. The molecule has 8 nitrogen and oxygen atoms in total. The van der Waals surface area contributed by atoms with E-state index < -0.39 is 27.3 Å². The van der Waals surface area contributed by atoms with E-state index in [2.05, 4.69) is 10.5 Å². The molecule has 4 N–H and O–H groups in total. The lowest BCUT2D eigenvalue weighted by Crippen LogP contribution is -2.39. The number of carboxylic acid groups (broad SMARTS) is 1. The average Bonchev–Trinajstić information content (AvgIpc) is 2.10. The number of amides is 1. The topological polar surface area (TPSA) is 136 Å². The van der Waals surface area contributed by atoms with Crippen LogP contribution in [0.2, 0.25) is 0 Å². The Hall–Kier alpha value is -1.35. The molecular weight excluding hydrogens is 228 g/mol. The van der Waals surface area contributed by atoms with Crippen LogP contribution in [0.5, 0.6) is 0 Å². The van der Waals surface area contributed by atoms with Gasteiger partial charge in [-0.1, -0.05) is 0 Å². The number of carboxylic acids is 1. The molecule has 0 saturated carbocycles. The van der Waals surface area contributed by atoms with Gasteiger partial charge in [0, 0.05) is 6.54 Å². The van der Waals surface area contributed by atoms with Crippen LogP contribution in [0, 0.1) is 0 Å². The number of hydrogen-bond acceptors (Lipinski definition) is 5. The first-order chi connectivity index (χ1) is 6.77. The summed E-state index contributed by atoms with van der Waals surface area (Å²) >= 11 is 0. The van der Waals surface area contributed by atoms with Gasteiger partial charge in [0.1, 0.15) is 6.61 Å². The highest BCUT2D eigenvalue weighted by molar-refractivity contribution is 7.90. The molecular formula is C6H12N2O6S. The predicted molar refractivity (Wildman–Crippen MR) is 49.6 cm³/mol. The summed E-state index contributed by atoms with van der Waals surface area (Å²) in [6.07, 6.45) is -1.03. The van der Waals surface area contributed by atoms with E-state index in [9.17, 15) is 18.0 Å². The van der Waals surface area contributed by atoms with Crippen LogP contribution < -0.4 is 10.5 Å². The van der Waals surface area contributed by atoms with Crippen molar-refractivity contribution in [2.24, 2.45) is 5.73 Å². The van der Waals surface area contributed by atoms with Crippen molar-refractivity contribution in [2.45, 2.75) is 12.2 Å². The maximum absolute atomic E-state index is 11.2. The minimum Gasteiger partial charge on any atom is -0.480 e. The Morgan fingerprint density at radius 1 is 1.53 bits per heavy atom. The van der Waals surface area contributed by atoms with Crippen LogP contribution in [0.1, 0.15) is 6.92 Å². The highest BCUT2D eigenvalue weighted by Crippen LogP contribution is 1.97. The molecule has 88 valence electrons. The number of carbonyl (C=O) groups excluding carboxylic acids is 1. The summed E-state index contributed by atoms with van der Waals surface area (Å²) in [6, 6.07) is 0.